The summed E-state index contributed by atoms with van der Waals surface area (Å²) >= 11 is 1.11. The zero-order valence-corrected chi connectivity index (χ0v) is 21.1. The Morgan fingerprint density at radius 3 is 2.46 bits per heavy atom. The normalized spacial score (nSPS) is 32.4. The van der Waals surface area contributed by atoms with Crippen LogP contribution in [0.3, 0.4) is 0 Å². The van der Waals surface area contributed by atoms with E-state index in [1.54, 1.807) is 18.7 Å². The van der Waals surface area contributed by atoms with Crippen LogP contribution in [0.15, 0.2) is 10.6 Å². The highest BCUT2D eigenvalue weighted by molar-refractivity contribution is 8.03. The first-order valence-corrected chi connectivity index (χ1v) is 13.0. The maximum Gasteiger partial charge on any atom is 0.353 e. The van der Waals surface area contributed by atoms with Crippen LogP contribution in [0, 0.1) is 17.8 Å². The van der Waals surface area contributed by atoms with Crippen LogP contribution in [0.1, 0.15) is 40.5 Å². The number of hydrogen-bond acceptors (Lipinski definition) is 7. The third-order valence-electron chi connectivity index (χ3n) is 7.48. The molecule has 35 heavy (non-hydrogen) atoms. The Kier molecular flexibility index (Phi) is 6.89. The molecule has 11 nitrogen and oxygen atoms in total. The van der Waals surface area contributed by atoms with Gasteiger partial charge in [-0.15, -0.1) is 11.8 Å². The summed E-state index contributed by atoms with van der Waals surface area (Å²) in [5, 5.41) is 22.3. The number of urea groups is 1. The first-order valence-electron chi connectivity index (χ1n) is 12.0. The number of imide groups is 1. The monoisotopic (exact) mass is 508 g/mol. The van der Waals surface area contributed by atoms with Gasteiger partial charge in [-0.2, -0.15) is 0 Å². The van der Waals surface area contributed by atoms with Gasteiger partial charge in [-0.1, -0.05) is 13.8 Å². The summed E-state index contributed by atoms with van der Waals surface area (Å²) in [6.45, 7) is 8.11. The fourth-order valence-electron chi connectivity index (χ4n) is 5.68. The van der Waals surface area contributed by atoms with Crippen molar-refractivity contribution >= 4 is 41.5 Å². The Morgan fingerprint density at radius 2 is 1.86 bits per heavy atom. The lowest BCUT2D eigenvalue weighted by molar-refractivity contribution is -0.163. The van der Waals surface area contributed by atoms with E-state index in [9.17, 15) is 34.2 Å². The molecule has 3 N–H and O–H groups in total. The highest BCUT2D eigenvalue weighted by Crippen LogP contribution is 2.50. The van der Waals surface area contributed by atoms with Gasteiger partial charge in [-0.3, -0.25) is 19.3 Å². The second-order valence-electron chi connectivity index (χ2n) is 10.0. The number of thioether (sulfide) groups is 1. The molecule has 4 heterocycles. The van der Waals surface area contributed by atoms with Crippen LogP contribution >= 0.6 is 11.8 Å². The van der Waals surface area contributed by atoms with Crippen molar-refractivity contribution in [1.29, 1.82) is 0 Å². The number of aliphatic hydroxyl groups excluding tert-OH is 1. The molecule has 7 atom stereocenters. The van der Waals surface area contributed by atoms with Gasteiger partial charge in [0.1, 0.15) is 17.8 Å². The van der Waals surface area contributed by atoms with Gasteiger partial charge >= 0.3 is 12.0 Å². The summed E-state index contributed by atoms with van der Waals surface area (Å²) in [6, 6.07) is -2.96. The molecule has 0 saturated carbocycles. The summed E-state index contributed by atoms with van der Waals surface area (Å²) < 4.78 is 0. The van der Waals surface area contributed by atoms with Gasteiger partial charge in [0.05, 0.1) is 18.1 Å². The van der Waals surface area contributed by atoms with Crippen molar-refractivity contribution in [1.82, 2.24) is 20.0 Å². The van der Waals surface area contributed by atoms with Gasteiger partial charge in [0, 0.05) is 29.7 Å². The van der Waals surface area contributed by atoms with Gasteiger partial charge in [0.25, 0.3) is 5.91 Å². The molecule has 12 heteroatoms. The van der Waals surface area contributed by atoms with Crippen molar-refractivity contribution in [2.45, 2.75) is 64.8 Å². The van der Waals surface area contributed by atoms with E-state index in [1.807, 2.05) is 0 Å². The van der Waals surface area contributed by atoms with E-state index in [1.165, 1.54) is 11.8 Å². The van der Waals surface area contributed by atoms with Gasteiger partial charge in [0.15, 0.2) is 0 Å². The standard InChI is InChI=1S/C23H32N4O7S/c1-10-6-5-7-25(8-10)19(29)12(3)26-20(30)14(24-23(26)34)9-35-18-11(2)16-15(13(4)28)21(31)27(16)17(18)22(32)33/h10-16,28H,5-9H2,1-4H3,(H,24,34)(H,32,33)/t10?,11-,12?,13-,14+,15-,16-/m1/s1. The van der Waals surface area contributed by atoms with E-state index < -0.39 is 54.0 Å². The Labute approximate surface area is 207 Å². The molecule has 3 fully saturated rings. The van der Waals surface area contributed by atoms with Crippen LogP contribution in [0.4, 0.5) is 4.79 Å². The number of nitrogens with zero attached hydrogens (tertiary/aromatic N) is 3. The molecule has 2 unspecified atom stereocenters. The van der Waals surface area contributed by atoms with Gasteiger partial charge < -0.3 is 25.3 Å². The largest absolute Gasteiger partial charge is 0.477 e. The van der Waals surface area contributed by atoms with Crippen LogP contribution < -0.4 is 5.32 Å². The summed E-state index contributed by atoms with van der Waals surface area (Å²) in [6.07, 6.45) is 1.01. The Hall–Kier alpha value is -2.60. The number of piperidine rings is 1. The number of carbonyl (C=O) groups is 5. The molecule has 5 amide bonds. The molecule has 0 aromatic carbocycles. The van der Waals surface area contributed by atoms with E-state index >= 15 is 0 Å². The smallest absolute Gasteiger partial charge is 0.353 e. The number of carbonyl (C=O) groups excluding carboxylic acids is 4. The van der Waals surface area contributed by atoms with Crippen LogP contribution in [0.5, 0.6) is 0 Å². The van der Waals surface area contributed by atoms with Crippen LogP contribution in [-0.2, 0) is 19.2 Å². The van der Waals surface area contributed by atoms with Crippen molar-refractivity contribution < 1.29 is 34.2 Å². The zero-order chi connectivity index (χ0) is 25.8. The predicted octanol–water partition coefficient (Wildman–Crippen LogP) is 0.441. The Morgan fingerprint density at radius 1 is 1.17 bits per heavy atom. The second kappa shape index (κ2) is 9.45. The number of amides is 5. The lowest BCUT2D eigenvalue weighted by Crippen LogP contribution is -2.63. The maximum atomic E-state index is 13.1. The fourth-order valence-corrected chi connectivity index (χ4v) is 6.98. The number of nitrogens with one attached hydrogen (secondary N) is 1. The number of fused-ring (bicyclic) bond motifs is 1. The SMILES string of the molecule is CC1CCCN(C(=O)C(C)N2C(=O)N[C@@H](CSC3=C(C(=O)O)N4C(=O)[C@H]([C@@H](C)O)[C@H]4[C@H]3C)C2=O)C1. The lowest BCUT2D eigenvalue weighted by atomic mass is 9.79. The highest BCUT2D eigenvalue weighted by atomic mass is 32.2. The predicted molar refractivity (Wildman–Crippen MR) is 126 cm³/mol. The first kappa shape index (κ1) is 25.5. The molecule has 4 aliphatic rings. The lowest BCUT2D eigenvalue weighted by Gasteiger charge is -2.46. The Bertz CT molecular complexity index is 998. The number of aliphatic hydroxyl groups is 1. The van der Waals surface area contributed by atoms with Crippen molar-refractivity contribution in [2.75, 3.05) is 18.8 Å². The molecule has 0 spiro atoms. The number of likely N-dealkylation sites (tertiary alicyclic amines) is 1. The molecule has 0 aromatic heterocycles. The van der Waals surface area contributed by atoms with Gasteiger partial charge in [-0.25, -0.2) is 9.59 Å². The second-order valence-corrected chi connectivity index (χ2v) is 11.1. The molecule has 3 saturated heterocycles. The molecule has 0 bridgehead atoms. The molecule has 0 aliphatic carbocycles. The van der Waals surface area contributed by atoms with E-state index in [-0.39, 0.29) is 23.3 Å². The third kappa shape index (κ3) is 4.20. The fraction of sp³-hybridized carbons (Fsp3) is 0.696. The highest BCUT2D eigenvalue weighted by Gasteiger charge is 2.60. The summed E-state index contributed by atoms with van der Waals surface area (Å²) in [5.74, 6) is -3.06. The number of carboxylic acid groups (broad SMARTS) is 1. The number of rotatable bonds is 7. The van der Waals surface area contributed by atoms with Gasteiger partial charge in [-0.05, 0) is 32.6 Å². The van der Waals surface area contributed by atoms with E-state index in [0.29, 0.717) is 23.9 Å². The minimum absolute atomic E-state index is 0.0628. The molecular formula is C23H32N4O7S. The topological polar surface area (TPSA) is 148 Å². The number of hydrogen-bond donors (Lipinski definition) is 3. The molecule has 0 radical (unpaired) electrons. The average Bonchev–Trinajstić information content (AvgIpc) is 3.20. The van der Waals surface area contributed by atoms with E-state index in [0.717, 1.165) is 29.5 Å². The molecular weight excluding hydrogens is 476 g/mol. The van der Waals surface area contributed by atoms with Crippen molar-refractivity contribution in [3.8, 4) is 0 Å². The van der Waals surface area contributed by atoms with E-state index in [4.69, 9.17) is 0 Å². The van der Waals surface area contributed by atoms with E-state index in [2.05, 4.69) is 12.2 Å². The summed E-state index contributed by atoms with van der Waals surface area (Å²) in [7, 11) is 0. The quantitative estimate of drug-likeness (QED) is 0.332. The third-order valence-corrected chi connectivity index (χ3v) is 8.86. The minimum atomic E-state index is -1.25. The average molecular weight is 509 g/mol. The van der Waals surface area contributed by atoms with Crippen molar-refractivity contribution in [2.24, 2.45) is 17.8 Å². The summed E-state index contributed by atoms with van der Waals surface area (Å²) in [5.41, 5.74) is -0.134. The summed E-state index contributed by atoms with van der Waals surface area (Å²) in [4.78, 5) is 67.4. The van der Waals surface area contributed by atoms with Crippen LogP contribution in [0.25, 0.3) is 0 Å². The molecule has 192 valence electrons. The van der Waals surface area contributed by atoms with Crippen LogP contribution in [-0.4, -0.2) is 97.7 Å². The molecule has 0 aromatic rings. The molecule has 4 rings (SSSR count). The first-order chi connectivity index (χ1) is 16.5. The zero-order valence-electron chi connectivity index (χ0n) is 20.3. The van der Waals surface area contributed by atoms with Crippen LogP contribution in [0.2, 0.25) is 0 Å². The van der Waals surface area contributed by atoms with Crippen molar-refractivity contribution in [3.63, 3.8) is 0 Å². The number of aliphatic carboxylic acids is 1. The number of β-lactam (4-membered cyclic amide) rings is 1. The Balaban J connectivity index is 1.45. The molecule has 4 aliphatic heterocycles. The minimum Gasteiger partial charge on any atom is -0.477 e. The van der Waals surface area contributed by atoms with Gasteiger partial charge in [0.2, 0.25) is 11.8 Å². The number of carboxylic acids is 1. The van der Waals surface area contributed by atoms with Crippen molar-refractivity contribution in [3.05, 3.63) is 10.6 Å². The maximum absolute atomic E-state index is 13.1.